The molecule has 0 atom stereocenters. The van der Waals surface area contributed by atoms with Gasteiger partial charge in [0.15, 0.2) is 0 Å². The number of ether oxygens (including phenoxy) is 2. The Morgan fingerprint density at radius 2 is 2.16 bits per heavy atom. The van der Waals surface area contributed by atoms with Crippen molar-refractivity contribution in [3.05, 3.63) is 11.8 Å². The van der Waals surface area contributed by atoms with Crippen LogP contribution in [-0.2, 0) is 4.74 Å². The molecule has 0 saturated heterocycles. The highest BCUT2D eigenvalue weighted by Gasteiger charge is 2.33. The maximum Gasteiger partial charge on any atom is 0.407 e. The first kappa shape index (κ1) is 13.7. The van der Waals surface area contributed by atoms with Gasteiger partial charge in [0.25, 0.3) is 5.88 Å². The van der Waals surface area contributed by atoms with Crippen LogP contribution < -0.4 is 10.1 Å². The van der Waals surface area contributed by atoms with Gasteiger partial charge in [0, 0.05) is 24.9 Å². The quantitative estimate of drug-likeness (QED) is 0.911. The number of hydrogen-bond donors (Lipinski definition) is 1. The lowest BCUT2D eigenvalue weighted by atomic mass is 9.89. The lowest BCUT2D eigenvalue weighted by molar-refractivity contribution is 0.0348. The first-order valence-electron chi connectivity index (χ1n) is 6.41. The second-order valence-corrected chi connectivity index (χ2v) is 5.83. The summed E-state index contributed by atoms with van der Waals surface area (Å²) in [4.78, 5) is 11.5. The number of aromatic nitrogens is 1. The van der Waals surface area contributed by atoms with E-state index < -0.39 is 5.60 Å². The average molecular weight is 268 g/mol. The van der Waals surface area contributed by atoms with Gasteiger partial charge < -0.3 is 19.3 Å². The van der Waals surface area contributed by atoms with Gasteiger partial charge in [0.05, 0.1) is 0 Å². The Morgan fingerprint density at radius 1 is 1.47 bits per heavy atom. The number of carbonyl (C=O) groups excluding carboxylic acids is 1. The second kappa shape index (κ2) is 5.11. The van der Waals surface area contributed by atoms with Crippen LogP contribution in [0.4, 0.5) is 4.79 Å². The Hall–Kier alpha value is -1.72. The van der Waals surface area contributed by atoms with Crippen molar-refractivity contribution < 1.29 is 18.8 Å². The Kier molecular flexibility index (Phi) is 3.68. The van der Waals surface area contributed by atoms with Crippen LogP contribution in [0.2, 0.25) is 0 Å². The van der Waals surface area contributed by atoms with Gasteiger partial charge in [-0.2, -0.15) is 0 Å². The summed E-state index contributed by atoms with van der Waals surface area (Å²) in [5, 5.41) is 6.57. The number of amides is 1. The second-order valence-electron chi connectivity index (χ2n) is 5.83. The molecule has 0 aromatic carbocycles. The molecule has 1 fully saturated rings. The van der Waals surface area contributed by atoms with Crippen molar-refractivity contribution in [2.24, 2.45) is 0 Å². The SMILES string of the molecule is Cc1cc(OC2CC(NC(=O)OC(C)(C)C)C2)no1. The van der Waals surface area contributed by atoms with Gasteiger partial charge in [0.2, 0.25) is 0 Å². The van der Waals surface area contributed by atoms with E-state index in [4.69, 9.17) is 14.0 Å². The minimum Gasteiger partial charge on any atom is -0.472 e. The topological polar surface area (TPSA) is 73.6 Å². The zero-order chi connectivity index (χ0) is 14.0. The van der Waals surface area contributed by atoms with Crippen LogP contribution in [0.1, 0.15) is 39.4 Å². The highest BCUT2D eigenvalue weighted by Crippen LogP contribution is 2.26. The molecular weight excluding hydrogens is 248 g/mol. The van der Waals surface area contributed by atoms with Crippen molar-refractivity contribution in [3.63, 3.8) is 0 Å². The average Bonchev–Trinajstić information content (AvgIpc) is 2.58. The summed E-state index contributed by atoms with van der Waals surface area (Å²) >= 11 is 0. The highest BCUT2D eigenvalue weighted by atomic mass is 16.6. The molecule has 1 aliphatic rings. The third-order valence-electron chi connectivity index (χ3n) is 2.71. The molecule has 106 valence electrons. The summed E-state index contributed by atoms with van der Waals surface area (Å²) in [6.07, 6.45) is 1.20. The van der Waals surface area contributed by atoms with Crippen molar-refractivity contribution in [3.8, 4) is 5.88 Å². The van der Waals surface area contributed by atoms with Crippen molar-refractivity contribution in [2.75, 3.05) is 0 Å². The Morgan fingerprint density at radius 3 is 2.68 bits per heavy atom. The summed E-state index contributed by atoms with van der Waals surface area (Å²) in [6.45, 7) is 7.33. The third-order valence-corrected chi connectivity index (χ3v) is 2.71. The first-order valence-corrected chi connectivity index (χ1v) is 6.41. The fraction of sp³-hybridized carbons (Fsp3) is 0.692. The predicted molar refractivity (Wildman–Crippen MR) is 68.0 cm³/mol. The van der Waals surface area contributed by atoms with Crippen LogP contribution in [0.15, 0.2) is 10.6 Å². The summed E-state index contributed by atoms with van der Waals surface area (Å²) in [5.41, 5.74) is -0.470. The summed E-state index contributed by atoms with van der Waals surface area (Å²) in [7, 11) is 0. The molecule has 0 bridgehead atoms. The van der Waals surface area contributed by atoms with E-state index in [-0.39, 0.29) is 18.2 Å². The molecule has 1 amide bonds. The molecule has 19 heavy (non-hydrogen) atoms. The minimum atomic E-state index is -0.470. The van der Waals surface area contributed by atoms with Crippen LogP contribution in [-0.4, -0.2) is 29.0 Å². The van der Waals surface area contributed by atoms with E-state index in [1.165, 1.54) is 0 Å². The first-order chi connectivity index (χ1) is 8.82. The Balaban J connectivity index is 1.67. The van der Waals surface area contributed by atoms with Gasteiger partial charge in [0.1, 0.15) is 17.5 Å². The van der Waals surface area contributed by atoms with E-state index in [0.717, 1.165) is 18.6 Å². The number of alkyl carbamates (subject to hydrolysis) is 1. The molecule has 0 spiro atoms. The molecule has 1 aliphatic carbocycles. The van der Waals surface area contributed by atoms with Crippen LogP contribution in [0.5, 0.6) is 5.88 Å². The van der Waals surface area contributed by atoms with Gasteiger partial charge in [-0.1, -0.05) is 0 Å². The molecule has 0 radical (unpaired) electrons. The molecule has 6 nitrogen and oxygen atoms in total. The van der Waals surface area contributed by atoms with Gasteiger partial charge >= 0.3 is 6.09 Å². The molecule has 1 N–H and O–H groups in total. The van der Waals surface area contributed by atoms with E-state index in [2.05, 4.69) is 10.5 Å². The Bertz CT molecular complexity index is 444. The Labute approximate surface area is 112 Å². The summed E-state index contributed by atoms with van der Waals surface area (Å²) in [6, 6.07) is 1.85. The van der Waals surface area contributed by atoms with Crippen molar-refractivity contribution in [1.82, 2.24) is 10.5 Å². The number of aryl methyl sites for hydroxylation is 1. The van der Waals surface area contributed by atoms with Crippen LogP contribution >= 0.6 is 0 Å². The van der Waals surface area contributed by atoms with Gasteiger partial charge in [-0.3, -0.25) is 0 Å². The molecule has 1 saturated carbocycles. The van der Waals surface area contributed by atoms with Crippen LogP contribution in [0, 0.1) is 6.92 Å². The lowest BCUT2D eigenvalue weighted by Gasteiger charge is -2.35. The molecule has 6 heteroatoms. The molecular formula is C13H20N2O4. The number of nitrogens with zero attached hydrogens (tertiary/aromatic N) is 1. The van der Waals surface area contributed by atoms with Crippen molar-refractivity contribution >= 4 is 6.09 Å². The monoisotopic (exact) mass is 268 g/mol. The maximum absolute atomic E-state index is 11.5. The number of nitrogens with one attached hydrogen (secondary N) is 1. The van der Waals surface area contributed by atoms with Gasteiger partial charge in [-0.25, -0.2) is 4.79 Å². The smallest absolute Gasteiger partial charge is 0.407 e. The minimum absolute atomic E-state index is 0.0736. The fourth-order valence-electron chi connectivity index (χ4n) is 1.82. The fourth-order valence-corrected chi connectivity index (χ4v) is 1.82. The van der Waals surface area contributed by atoms with Crippen LogP contribution in [0.25, 0.3) is 0 Å². The molecule has 1 aromatic rings. The normalized spacial score (nSPS) is 22.5. The number of rotatable bonds is 3. The standard InChI is InChI=1S/C13H20N2O4/c1-8-5-11(15-19-8)17-10-6-9(7-10)14-12(16)18-13(2,3)4/h5,9-10H,6-7H2,1-4H3,(H,14,16). The molecule has 0 aliphatic heterocycles. The third kappa shape index (κ3) is 4.15. The van der Waals surface area contributed by atoms with Crippen LogP contribution in [0.3, 0.4) is 0 Å². The molecule has 1 aromatic heterocycles. The van der Waals surface area contributed by atoms with E-state index in [1.807, 2.05) is 27.7 Å². The van der Waals surface area contributed by atoms with E-state index >= 15 is 0 Å². The summed E-state index contributed by atoms with van der Waals surface area (Å²) in [5.74, 6) is 1.22. The van der Waals surface area contributed by atoms with Gasteiger partial charge in [-0.05, 0) is 32.9 Å². The highest BCUT2D eigenvalue weighted by molar-refractivity contribution is 5.68. The van der Waals surface area contributed by atoms with E-state index in [0.29, 0.717) is 5.88 Å². The summed E-state index contributed by atoms with van der Waals surface area (Å²) < 4.78 is 15.7. The largest absolute Gasteiger partial charge is 0.472 e. The number of carbonyl (C=O) groups is 1. The molecule has 2 rings (SSSR count). The predicted octanol–water partition coefficient (Wildman–Crippen LogP) is 2.42. The lowest BCUT2D eigenvalue weighted by Crippen LogP contribution is -2.50. The van der Waals surface area contributed by atoms with E-state index in [9.17, 15) is 4.79 Å². The number of hydrogen-bond acceptors (Lipinski definition) is 5. The van der Waals surface area contributed by atoms with Crippen molar-refractivity contribution in [2.45, 2.75) is 58.3 Å². The van der Waals surface area contributed by atoms with Crippen molar-refractivity contribution in [1.29, 1.82) is 0 Å². The van der Waals surface area contributed by atoms with E-state index in [1.54, 1.807) is 6.07 Å². The zero-order valence-electron chi connectivity index (χ0n) is 11.7. The molecule has 1 heterocycles. The zero-order valence-corrected chi connectivity index (χ0v) is 11.7. The molecule has 0 unspecified atom stereocenters. The maximum atomic E-state index is 11.5. The van der Waals surface area contributed by atoms with Gasteiger partial charge in [-0.15, -0.1) is 0 Å².